The number of nitrogens with one attached hydrogen (secondary N) is 2. The number of carbonyl (C=O) groups excluding carboxylic acids is 3. The van der Waals surface area contributed by atoms with Crippen molar-refractivity contribution in [3.63, 3.8) is 0 Å². The molecule has 7 heteroatoms. The van der Waals surface area contributed by atoms with Gasteiger partial charge in [0.15, 0.2) is 0 Å². The Hall–Kier alpha value is -3.35. The average molecular weight is 381 g/mol. The van der Waals surface area contributed by atoms with Crippen molar-refractivity contribution in [2.45, 2.75) is 26.3 Å². The van der Waals surface area contributed by atoms with Crippen molar-refractivity contribution in [2.75, 3.05) is 19.0 Å². The molecule has 1 heterocycles. The first-order valence-corrected chi connectivity index (χ1v) is 8.90. The minimum Gasteiger partial charge on any atom is -0.497 e. The molecule has 0 unspecified atom stereocenters. The minimum absolute atomic E-state index is 0.357. The lowest BCUT2D eigenvalue weighted by atomic mass is 9.92. The van der Waals surface area contributed by atoms with Crippen molar-refractivity contribution in [2.24, 2.45) is 0 Å². The lowest BCUT2D eigenvalue weighted by Gasteiger charge is -2.22. The van der Waals surface area contributed by atoms with Crippen LogP contribution in [0.25, 0.3) is 0 Å². The van der Waals surface area contributed by atoms with Gasteiger partial charge in [-0.15, -0.1) is 0 Å². The Morgan fingerprint density at radius 1 is 1.14 bits per heavy atom. The van der Waals surface area contributed by atoms with Gasteiger partial charge in [-0.05, 0) is 55.7 Å². The van der Waals surface area contributed by atoms with Crippen LogP contribution in [0.15, 0.2) is 42.5 Å². The predicted molar refractivity (Wildman–Crippen MR) is 105 cm³/mol. The SMILES string of the molecule is COc1ccc([C@]2(C)NC(=O)N(CC(=O)Nc3cc(C)ccc3C)C2=O)cc1. The van der Waals surface area contributed by atoms with Gasteiger partial charge in [-0.25, -0.2) is 4.79 Å². The maximum atomic E-state index is 12.9. The Morgan fingerprint density at radius 3 is 2.46 bits per heavy atom. The summed E-state index contributed by atoms with van der Waals surface area (Å²) in [7, 11) is 1.55. The number of hydrogen-bond acceptors (Lipinski definition) is 4. The summed E-state index contributed by atoms with van der Waals surface area (Å²) < 4.78 is 5.13. The molecule has 7 nitrogen and oxygen atoms in total. The first-order valence-electron chi connectivity index (χ1n) is 8.90. The molecule has 1 aliphatic rings. The second kappa shape index (κ2) is 7.34. The molecule has 2 aromatic rings. The molecule has 0 aliphatic carbocycles. The number of urea groups is 1. The Kier molecular flexibility index (Phi) is 5.09. The monoisotopic (exact) mass is 381 g/mol. The van der Waals surface area contributed by atoms with Crippen LogP contribution in [-0.2, 0) is 15.1 Å². The molecule has 3 rings (SSSR count). The molecule has 28 heavy (non-hydrogen) atoms. The van der Waals surface area contributed by atoms with Gasteiger partial charge < -0.3 is 15.4 Å². The molecule has 2 aromatic carbocycles. The lowest BCUT2D eigenvalue weighted by molar-refractivity contribution is -0.133. The number of carbonyl (C=O) groups is 3. The minimum atomic E-state index is -1.23. The fourth-order valence-corrected chi connectivity index (χ4v) is 3.16. The van der Waals surface area contributed by atoms with Crippen molar-refractivity contribution in [1.82, 2.24) is 10.2 Å². The standard InChI is InChI=1S/C21H23N3O4/c1-13-5-6-14(2)17(11-13)22-18(25)12-24-19(26)21(3,23-20(24)27)15-7-9-16(28-4)10-8-15/h5-11H,12H2,1-4H3,(H,22,25)(H,23,27)/t21-/m0/s1. The maximum Gasteiger partial charge on any atom is 0.325 e. The second-order valence-corrected chi connectivity index (χ2v) is 7.04. The third-order valence-electron chi connectivity index (χ3n) is 4.91. The Balaban J connectivity index is 1.75. The van der Waals surface area contributed by atoms with Gasteiger partial charge in [0, 0.05) is 5.69 Å². The molecule has 146 valence electrons. The van der Waals surface area contributed by atoms with E-state index < -0.39 is 23.4 Å². The molecule has 0 spiro atoms. The van der Waals surface area contributed by atoms with E-state index >= 15 is 0 Å². The Labute approximate surface area is 163 Å². The highest BCUT2D eigenvalue weighted by Crippen LogP contribution is 2.30. The second-order valence-electron chi connectivity index (χ2n) is 7.04. The van der Waals surface area contributed by atoms with Crippen molar-refractivity contribution in [3.05, 3.63) is 59.2 Å². The van der Waals surface area contributed by atoms with E-state index in [1.165, 1.54) is 0 Å². The highest BCUT2D eigenvalue weighted by molar-refractivity contribution is 6.10. The van der Waals surface area contributed by atoms with Crippen LogP contribution in [0.3, 0.4) is 0 Å². The molecular formula is C21H23N3O4. The lowest BCUT2D eigenvalue weighted by Crippen LogP contribution is -2.42. The van der Waals surface area contributed by atoms with Crippen molar-refractivity contribution in [1.29, 1.82) is 0 Å². The zero-order chi connectivity index (χ0) is 20.5. The van der Waals surface area contributed by atoms with Gasteiger partial charge in [0.25, 0.3) is 5.91 Å². The van der Waals surface area contributed by atoms with E-state index in [-0.39, 0.29) is 6.54 Å². The quantitative estimate of drug-likeness (QED) is 0.780. The van der Waals surface area contributed by atoms with Crippen LogP contribution in [0.5, 0.6) is 5.75 Å². The molecule has 1 saturated heterocycles. The van der Waals surface area contributed by atoms with Gasteiger partial charge in [-0.2, -0.15) is 0 Å². The zero-order valence-electron chi connectivity index (χ0n) is 16.3. The topological polar surface area (TPSA) is 87.7 Å². The first kappa shape index (κ1) is 19.4. The van der Waals surface area contributed by atoms with Crippen LogP contribution in [0.1, 0.15) is 23.6 Å². The summed E-state index contributed by atoms with van der Waals surface area (Å²) in [4.78, 5) is 38.7. The summed E-state index contributed by atoms with van der Waals surface area (Å²) in [6, 6.07) is 12.0. The molecular weight excluding hydrogens is 358 g/mol. The molecule has 1 fully saturated rings. The number of anilines is 1. The van der Waals surface area contributed by atoms with Crippen LogP contribution >= 0.6 is 0 Å². The summed E-state index contributed by atoms with van der Waals surface area (Å²) in [5, 5.41) is 5.46. The van der Waals surface area contributed by atoms with Crippen LogP contribution in [0.4, 0.5) is 10.5 Å². The van der Waals surface area contributed by atoms with E-state index in [1.807, 2.05) is 32.0 Å². The third-order valence-corrected chi connectivity index (χ3v) is 4.91. The number of nitrogens with zero attached hydrogens (tertiary/aromatic N) is 1. The molecule has 0 saturated carbocycles. The fourth-order valence-electron chi connectivity index (χ4n) is 3.16. The van der Waals surface area contributed by atoms with E-state index in [4.69, 9.17) is 4.74 Å². The molecule has 1 atom stereocenters. The molecule has 4 amide bonds. The number of ether oxygens (including phenoxy) is 1. The first-order chi connectivity index (χ1) is 13.2. The summed E-state index contributed by atoms with van der Waals surface area (Å²) in [5.74, 6) is -0.260. The fraction of sp³-hybridized carbons (Fsp3) is 0.286. The smallest absolute Gasteiger partial charge is 0.325 e. The highest BCUT2D eigenvalue weighted by atomic mass is 16.5. The summed E-state index contributed by atoms with van der Waals surface area (Å²) in [5.41, 5.74) is 1.95. The number of imide groups is 1. The van der Waals surface area contributed by atoms with Crippen molar-refractivity contribution >= 4 is 23.5 Å². The van der Waals surface area contributed by atoms with E-state index in [9.17, 15) is 14.4 Å². The van der Waals surface area contributed by atoms with Gasteiger partial charge in [0.1, 0.15) is 17.8 Å². The van der Waals surface area contributed by atoms with Crippen molar-refractivity contribution < 1.29 is 19.1 Å². The van der Waals surface area contributed by atoms with Gasteiger partial charge in [-0.3, -0.25) is 14.5 Å². The molecule has 0 bridgehead atoms. The van der Waals surface area contributed by atoms with Crippen LogP contribution in [-0.4, -0.2) is 36.4 Å². The van der Waals surface area contributed by atoms with Gasteiger partial charge in [0.05, 0.1) is 7.11 Å². The van der Waals surface area contributed by atoms with E-state index in [0.717, 1.165) is 16.0 Å². The Morgan fingerprint density at radius 2 is 1.82 bits per heavy atom. The summed E-state index contributed by atoms with van der Waals surface area (Å²) in [6.45, 7) is 5.07. The normalized spacial score (nSPS) is 18.8. The van der Waals surface area contributed by atoms with Gasteiger partial charge in [0.2, 0.25) is 5.91 Å². The number of aryl methyl sites for hydroxylation is 2. The van der Waals surface area contributed by atoms with Gasteiger partial charge in [-0.1, -0.05) is 24.3 Å². The average Bonchev–Trinajstić information content (AvgIpc) is 2.89. The number of methoxy groups -OCH3 is 1. The number of amides is 4. The molecule has 0 radical (unpaired) electrons. The van der Waals surface area contributed by atoms with Crippen molar-refractivity contribution in [3.8, 4) is 5.75 Å². The molecule has 2 N–H and O–H groups in total. The van der Waals surface area contributed by atoms with Crippen LogP contribution in [0, 0.1) is 13.8 Å². The third kappa shape index (κ3) is 3.55. The number of hydrogen-bond donors (Lipinski definition) is 2. The highest BCUT2D eigenvalue weighted by Gasteiger charge is 2.49. The van der Waals surface area contributed by atoms with Crippen LogP contribution < -0.4 is 15.4 Å². The van der Waals surface area contributed by atoms with E-state index in [2.05, 4.69) is 10.6 Å². The molecule has 0 aromatic heterocycles. The van der Waals surface area contributed by atoms with E-state index in [1.54, 1.807) is 38.3 Å². The molecule has 1 aliphatic heterocycles. The van der Waals surface area contributed by atoms with E-state index in [0.29, 0.717) is 17.0 Å². The number of benzene rings is 2. The van der Waals surface area contributed by atoms with Crippen LogP contribution in [0.2, 0.25) is 0 Å². The number of rotatable bonds is 5. The Bertz CT molecular complexity index is 939. The largest absolute Gasteiger partial charge is 0.497 e. The van der Waals surface area contributed by atoms with Gasteiger partial charge >= 0.3 is 6.03 Å². The maximum absolute atomic E-state index is 12.9. The predicted octanol–water partition coefficient (Wildman–Crippen LogP) is 2.72. The zero-order valence-corrected chi connectivity index (χ0v) is 16.3. The summed E-state index contributed by atoms with van der Waals surface area (Å²) >= 11 is 0. The summed E-state index contributed by atoms with van der Waals surface area (Å²) in [6.07, 6.45) is 0.